The zero-order valence-corrected chi connectivity index (χ0v) is 11.7. The van der Waals surface area contributed by atoms with Gasteiger partial charge in [-0.15, -0.1) is 10.1 Å². The molecule has 0 radical (unpaired) electrons. The summed E-state index contributed by atoms with van der Waals surface area (Å²) in [6, 6.07) is 6.58. The van der Waals surface area contributed by atoms with Gasteiger partial charge in [0.05, 0.1) is 10.6 Å². The third kappa shape index (κ3) is 5.25. The predicted molar refractivity (Wildman–Crippen MR) is 70.0 cm³/mol. The molecule has 0 aliphatic heterocycles. The third-order valence-corrected chi connectivity index (χ3v) is 4.17. The van der Waals surface area contributed by atoms with Crippen molar-refractivity contribution in [2.75, 3.05) is 12.4 Å². The van der Waals surface area contributed by atoms with Crippen LogP contribution in [-0.2, 0) is 21.1 Å². The molecule has 0 unspecified atom stereocenters. The molecule has 1 aromatic carbocycles. The van der Waals surface area contributed by atoms with E-state index in [-0.39, 0.29) is 4.90 Å². The summed E-state index contributed by atoms with van der Waals surface area (Å²) in [5.74, 6) is 0.0910. The standard InChI is InChI=1S/C12H17NO5S/c1-10(2)9-11-3-5-12(6-4-11)19(16,17)8-7-18-13(14)15/h3-6,10H,7-9H2,1-2H3. The van der Waals surface area contributed by atoms with Crippen LogP contribution in [0, 0.1) is 16.0 Å². The molecule has 0 heterocycles. The van der Waals surface area contributed by atoms with Crippen LogP contribution in [0.25, 0.3) is 0 Å². The summed E-state index contributed by atoms with van der Waals surface area (Å²) < 4.78 is 23.7. The lowest BCUT2D eigenvalue weighted by Crippen LogP contribution is -2.14. The van der Waals surface area contributed by atoms with Crippen LogP contribution in [0.3, 0.4) is 0 Å². The largest absolute Gasteiger partial charge is 0.313 e. The lowest BCUT2D eigenvalue weighted by atomic mass is 10.0. The van der Waals surface area contributed by atoms with Crippen molar-refractivity contribution < 1.29 is 18.3 Å². The van der Waals surface area contributed by atoms with Crippen LogP contribution in [0.2, 0.25) is 0 Å². The Bertz CT molecular complexity index is 522. The van der Waals surface area contributed by atoms with E-state index in [2.05, 4.69) is 18.7 Å². The van der Waals surface area contributed by atoms with E-state index in [0.29, 0.717) is 5.92 Å². The van der Waals surface area contributed by atoms with Gasteiger partial charge >= 0.3 is 0 Å². The quantitative estimate of drug-likeness (QED) is 0.564. The highest BCUT2D eigenvalue weighted by molar-refractivity contribution is 7.91. The molecule has 7 heteroatoms. The molecule has 19 heavy (non-hydrogen) atoms. The summed E-state index contributed by atoms with van der Waals surface area (Å²) in [6.07, 6.45) is 0.880. The van der Waals surface area contributed by atoms with E-state index in [0.717, 1.165) is 12.0 Å². The average molecular weight is 287 g/mol. The SMILES string of the molecule is CC(C)Cc1ccc(S(=O)(=O)CCO[N+](=O)[O-])cc1. The fourth-order valence-corrected chi connectivity index (χ4v) is 2.72. The summed E-state index contributed by atoms with van der Waals surface area (Å²) in [5, 5.41) is 8.96. The molecule has 0 N–H and O–H groups in total. The monoisotopic (exact) mass is 287 g/mol. The molecule has 0 amide bonds. The van der Waals surface area contributed by atoms with E-state index >= 15 is 0 Å². The first-order chi connectivity index (χ1) is 8.81. The molecule has 0 saturated carbocycles. The Morgan fingerprint density at radius 1 is 1.26 bits per heavy atom. The zero-order chi connectivity index (χ0) is 14.5. The third-order valence-electron chi connectivity index (χ3n) is 2.48. The molecule has 0 saturated heterocycles. The van der Waals surface area contributed by atoms with Gasteiger partial charge in [-0.3, -0.25) is 0 Å². The number of nitrogens with zero attached hydrogens (tertiary/aromatic N) is 1. The van der Waals surface area contributed by atoms with Crippen molar-refractivity contribution in [3.63, 3.8) is 0 Å². The van der Waals surface area contributed by atoms with Gasteiger partial charge in [-0.05, 0) is 30.0 Å². The van der Waals surface area contributed by atoms with E-state index in [1.54, 1.807) is 12.1 Å². The Morgan fingerprint density at radius 2 is 1.84 bits per heavy atom. The first-order valence-electron chi connectivity index (χ1n) is 5.90. The first kappa shape index (κ1) is 15.4. The highest BCUT2D eigenvalue weighted by Gasteiger charge is 2.15. The van der Waals surface area contributed by atoms with Crippen LogP contribution in [0.4, 0.5) is 0 Å². The zero-order valence-electron chi connectivity index (χ0n) is 10.9. The normalized spacial score (nSPS) is 11.5. The molecule has 0 bridgehead atoms. The smallest absolute Gasteiger partial charge is 0.294 e. The fourth-order valence-electron chi connectivity index (χ4n) is 1.64. The number of hydrogen-bond acceptors (Lipinski definition) is 5. The van der Waals surface area contributed by atoms with Crippen molar-refractivity contribution in [2.45, 2.75) is 25.2 Å². The van der Waals surface area contributed by atoms with E-state index in [1.165, 1.54) is 12.1 Å². The van der Waals surface area contributed by atoms with Crippen LogP contribution < -0.4 is 0 Å². The van der Waals surface area contributed by atoms with Gasteiger partial charge in [0.25, 0.3) is 5.09 Å². The molecular formula is C12H17NO5S. The van der Waals surface area contributed by atoms with Crippen molar-refractivity contribution >= 4 is 9.84 Å². The molecule has 0 aliphatic rings. The second-order valence-corrected chi connectivity index (χ2v) is 6.73. The summed E-state index contributed by atoms with van der Waals surface area (Å²) in [4.78, 5) is 14.1. The van der Waals surface area contributed by atoms with Gasteiger partial charge in [0.1, 0.15) is 6.61 Å². The molecule has 0 aromatic heterocycles. The summed E-state index contributed by atoms with van der Waals surface area (Å²) in [7, 11) is -3.53. The topological polar surface area (TPSA) is 86.5 Å². The summed E-state index contributed by atoms with van der Waals surface area (Å²) in [6.45, 7) is 3.71. The van der Waals surface area contributed by atoms with E-state index < -0.39 is 27.3 Å². The first-order valence-corrected chi connectivity index (χ1v) is 7.55. The Morgan fingerprint density at radius 3 is 2.32 bits per heavy atom. The minimum atomic E-state index is -3.53. The number of rotatable bonds is 7. The minimum absolute atomic E-state index is 0.159. The highest BCUT2D eigenvalue weighted by atomic mass is 32.2. The van der Waals surface area contributed by atoms with Gasteiger partial charge in [-0.25, -0.2) is 8.42 Å². The van der Waals surface area contributed by atoms with Crippen LogP contribution in [0.15, 0.2) is 29.2 Å². The van der Waals surface area contributed by atoms with Gasteiger partial charge in [-0.1, -0.05) is 26.0 Å². The lowest BCUT2D eigenvalue weighted by molar-refractivity contribution is -0.756. The maximum Gasteiger partial charge on any atom is 0.294 e. The van der Waals surface area contributed by atoms with E-state index in [9.17, 15) is 18.5 Å². The Labute approximate surface area is 112 Å². The van der Waals surface area contributed by atoms with Crippen molar-refractivity contribution in [1.29, 1.82) is 0 Å². The van der Waals surface area contributed by atoms with Gasteiger partial charge in [-0.2, -0.15) is 0 Å². The van der Waals surface area contributed by atoms with Crippen LogP contribution in [0.5, 0.6) is 0 Å². The van der Waals surface area contributed by atoms with Crippen molar-refractivity contribution in [1.82, 2.24) is 0 Å². The number of sulfone groups is 1. The second kappa shape index (κ2) is 6.51. The minimum Gasteiger partial charge on any atom is -0.313 e. The van der Waals surface area contributed by atoms with E-state index in [4.69, 9.17) is 0 Å². The molecule has 1 aromatic rings. The van der Waals surface area contributed by atoms with Crippen LogP contribution >= 0.6 is 0 Å². The molecule has 0 fully saturated rings. The Balaban J connectivity index is 2.70. The van der Waals surface area contributed by atoms with Gasteiger partial charge < -0.3 is 4.84 Å². The predicted octanol–water partition coefficient (Wildman–Crippen LogP) is 1.87. The highest BCUT2D eigenvalue weighted by Crippen LogP contribution is 2.14. The lowest BCUT2D eigenvalue weighted by Gasteiger charge is -2.07. The van der Waals surface area contributed by atoms with Crippen molar-refractivity contribution in [3.8, 4) is 0 Å². The number of hydrogen-bond donors (Lipinski definition) is 0. The van der Waals surface area contributed by atoms with Gasteiger partial charge in [0.15, 0.2) is 9.84 Å². The van der Waals surface area contributed by atoms with Gasteiger partial charge in [0.2, 0.25) is 0 Å². The molecule has 0 aliphatic carbocycles. The molecule has 0 spiro atoms. The summed E-state index contributed by atoms with van der Waals surface area (Å²) >= 11 is 0. The van der Waals surface area contributed by atoms with Crippen molar-refractivity contribution in [2.24, 2.45) is 5.92 Å². The molecule has 1 rings (SSSR count). The maximum absolute atomic E-state index is 11.8. The average Bonchev–Trinajstić information content (AvgIpc) is 2.28. The molecule has 0 atom stereocenters. The number of benzene rings is 1. The molecule has 106 valence electrons. The fraction of sp³-hybridized carbons (Fsp3) is 0.500. The molecule has 6 nitrogen and oxygen atoms in total. The van der Waals surface area contributed by atoms with Crippen LogP contribution in [0.1, 0.15) is 19.4 Å². The van der Waals surface area contributed by atoms with Crippen LogP contribution in [-0.4, -0.2) is 25.9 Å². The summed E-state index contributed by atoms with van der Waals surface area (Å²) in [5.41, 5.74) is 1.07. The van der Waals surface area contributed by atoms with E-state index in [1.807, 2.05) is 0 Å². The Hall–Kier alpha value is -1.63. The molecular weight excluding hydrogens is 270 g/mol. The van der Waals surface area contributed by atoms with Crippen molar-refractivity contribution in [3.05, 3.63) is 39.9 Å². The second-order valence-electron chi connectivity index (χ2n) is 4.62. The maximum atomic E-state index is 11.8. The van der Waals surface area contributed by atoms with Gasteiger partial charge in [0, 0.05) is 0 Å². The Kier molecular flexibility index (Phi) is 5.29.